The van der Waals surface area contributed by atoms with E-state index >= 15 is 0 Å². The number of ether oxygens (including phenoxy) is 23. The lowest BCUT2D eigenvalue weighted by molar-refractivity contribution is -0.157. The maximum absolute atomic E-state index is 13.6. The average Bonchev–Trinajstić information content (AvgIpc) is 1.52. The Morgan fingerprint density at radius 1 is 0.362 bits per heavy atom. The Labute approximate surface area is 692 Å². The molecular formula is C83H154N4O29. The van der Waals surface area contributed by atoms with E-state index < -0.39 is 23.3 Å². The summed E-state index contributed by atoms with van der Waals surface area (Å²) < 4.78 is 130. The standard InChI is InChI=1S/C83H154N4O29/c1-2-3-4-5-6-8-11-14-17-24-83(82(92)93,25-18-15-12-9-7-10-13-16-19-80(89)90)81(91)84-26-28-94-30-32-96-34-36-98-38-40-100-42-44-102-46-48-104-50-52-106-54-56-108-58-60-110-62-64-112-66-68-114-70-72-116-73-71-115-69-67-113-65-63-111-61-59-109-57-55-107-53-51-105-49-47-103-45-43-101-41-39-99-37-35-97-33-31-95-29-27-87-79-23-21-76-75(77(76)74-88)20-22-78(79)85-86-87/h2,75-77,88H,1,3-74H2,(H,84,91)(H,89,90)(H,92,93)/t75?,76-,77+,83?/m0/s1. The van der Waals surface area contributed by atoms with Gasteiger partial charge >= 0.3 is 11.9 Å². The summed E-state index contributed by atoms with van der Waals surface area (Å²) in [7, 11) is 0. The molecule has 0 aromatic carbocycles. The van der Waals surface area contributed by atoms with Crippen LogP contribution in [-0.2, 0) is 143 Å². The van der Waals surface area contributed by atoms with E-state index in [0.29, 0.717) is 360 Å². The van der Waals surface area contributed by atoms with Crippen molar-refractivity contribution in [2.75, 3.05) is 317 Å². The summed E-state index contributed by atoms with van der Waals surface area (Å²) in [6, 6.07) is 0. The van der Waals surface area contributed by atoms with E-state index in [4.69, 9.17) is 114 Å². The number of amides is 1. The molecule has 0 radical (unpaired) electrons. The third-order valence-electron chi connectivity index (χ3n) is 19.3. The van der Waals surface area contributed by atoms with E-state index in [1.165, 1.54) is 12.1 Å². The lowest BCUT2D eigenvalue weighted by Gasteiger charge is -2.28. The maximum atomic E-state index is 13.6. The van der Waals surface area contributed by atoms with Crippen molar-refractivity contribution in [1.82, 2.24) is 20.3 Å². The number of aliphatic carboxylic acids is 2. The van der Waals surface area contributed by atoms with E-state index in [-0.39, 0.29) is 19.6 Å². The smallest absolute Gasteiger partial charge is 0.319 e. The van der Waals surface area contributed by atoms with E-state index in [1.807, 2.05) is 10.8 Å². The number of hydrogen-bond acceptors (Lipinski definition) is 29. The Hall–Kier alpha value is -3.67. The minimum atomic E-state index is -1.47. The molecule has 1 saturated carbocycles. The van der Waals surface area contributed by atoms with Crippen molar-refractivity contribution in [3.8, 4) is 0 Å². The molecule has 4 N–H and O–H groups in total. The minimum absolute atomic E-state index is 0.206. The summed E-state index contributed by atoms with van der Waals surface area (Å²) in [5, 5.41) is 40.5. The quantitative estimate of drug-likeness (QED) is 0.0283. The lowest BCUT2D eigenvalue weighted by atomic mass is 9.76. The van der Waals surface area contributed by atoms with Crippen molar-refractivity contribution < 1.29 is 139 Å². The molecule has 2 aliphatic carbocycles. The van der Waals surface area contributed by atoms with Crippen LogP contribution in [0, 0.1) is 23.2 Å². The third kappa shape index (κ3) is 63.3. The number of carbonyl (C=O) groups excluding carboxylic acids is 1. The molecule has 2 unspecified atom stereocenters. The number of aliphatic hydroxyl groups is 1. The van der Waals surface area contributed by atoms with Crippen molar-refractivity contribution in [2.45, 2.75) is 154 Å². The third-order valence-corrected chi connectivity index (χ3v) is 19.3. The Balaban J connectivity index is 0.897. The molecular weight excluding hydrogens is 1520 g/mol. The number of rotatable bonds is 96. The molecule has 680 valence electrons. The largest absolute Gasteiger partial charge is 0.481 e. The average molecular weight is 1670 g/mol. The topological polar surface area (TPSA) is 367 Å². The van der Waals surface area contributed by atoms with Crippen LogP contribution in [0.2, 0.25) is 0 Å². The number of carboxylic acids is 2. The highest BCUT2D eigenvalue weighted by Crippen LogP contribution is 2.52. The zero-order valence-electron chi connectivity index (χ0n) is 70.7. The van der Waals surface area contributed by atoms with E-state index in [2.05, 4.69) is 22.2 Å². The molecule has 4 atom stereocenters. The van der Waals surface area contributed by atoms with Gasteiger partial charge in [-0.3, -0.25) is 14.4 Å². The minimum Gasteiger partial charge on any atom is -0.481 e. The van der Waals surface area contributed by atoms with Gasteiger partial charge in [0.05, 0.1) is 322 Å². The molecule has 1 fully saturated rings. The van der Waals surface area contributed by atoms with Gasteiger partial charge in [0, 0.05) is 19.6 Å². The number of carbonyl (C=O) groups is 3. The number of aromatic nitrogens is 3. The molecule has 1 amide bonds. The fourth-order valence-electron chi connectivity index (χ4n) is 12.8. The molecule has 1 aromatic rings. The van der Waals surface area contributed by atoms with Crippen LogP contribution >= 0.6 is 0 Å². The van der Waals surface area contributed by atoms with Crippen molar-refractivity contribution in [1.29, 1.82) is 0 Å². The number of hydrogen-bond donors (Lipinski definition) is 4. The summed E-state index contributed by atoms with van der Waals surface area (Å²) >= 11 is 0. The van der Waals surface area contributed by atoms with Crippen LogP contribution in [0.3, 0.4) is 0 Å². The Morgan fingerprint density at radius 2 is 0.621 bits per heavy atom. The van der Waals surface area contributed by atoms with Gasteiger partial charge < -0.3 is 130 Å². The van der Waals surface area contributed by atoms with Gasteiger partial charge in [-0.15, -0.1) is 11.7 Å². The molecule has 33 heteroatoms. The number of nitrogens with zero attached hydrogens (tertiary/aromatic N) is 3. The number of allylic oxidation sites excluding steroid dienone is 1. The maximum Gasteiger partial charge on any atom is 0.319 e. The van der Waals surface area contributed by atoms with Gasteiger partial charge in [0.1, 0.15) is 5.41 Å². The SMILES string of the molecule is C=CCCCCCCCCCC(CCCCCCCCCCC(=O)O)(C(=O)O)C(=O)NCCOCCOCCOCCOCCOCCOCCOCCOCCOCCOCCOCCOCCOCCOCCOCCOCCOCCOCCOCCOCCOCCOCCOCCn1nnc2c1CC[C@H]1C(CC2)[C@H]1CO. The van der Waals surface area contributed by atoms with Gasteiger partial charge in [-0.25, -0.2) is 4.68 Å². The number of unbranched alkanes of at least 4 members (excludes halogenated alkanes) is 14. The number of aliphatic hydroxyl groups excluding tert-OH is 1. The molecule has 0 bridgehead atoms. The number of carboxylic acid groups (broad SMARTS) is 2. The summed E-state index contributed by atoms with van der Waals surface area (Å²) in [6.45, 7) is 26.2. The molecule has 0 spiro atoms. The molecule has 3 rings (SSSR count). The van der Waals surface area contributed by atoms with Crippen LogP contribution in [-0.4, -0.2) is 365 Å². The molecule has 0 aliphatic heterocycles. The van der Waals surface area contributed by atoms with Gasteiger partial charge in [0.15, 0.2) is 0 Å². The number of aryl methyl sites for hydroxylation is 1. The predicted molar refractivity (Wildman–Crippen MR) is 432 cm³/mol. The Kier molecular flexibility index (Phi) is 75.6. The highest BCUT2D eigenvalue weighted by molar-refractivity contribution is 6.01. The number of fused-ring (bicyclic) bond motifs is 2. The zero-order valence-corrected chi connectivity index (χ0v) is 70.7. The first-order valence-electron chi connectivity index (χ1n) is 43.5. The second-order valence-electron chi connectivity index (χ2n) is 28.2. The van der Waals surface area contributed by atoms with Crippen LogP contribution in [0.15, 0.2) is 12.7 Å². The van der Waals surface area contributed by atoms with Crippen molar-refractivity contribution in [3.05, 3.63) is 24.0 Å². The van der Waals surface area contributed by atoms with E-state index in [1.54, 1.807) is 0 Å². The summed E-state index contributed by atoms with van der Waals surface area (Å²) in [5.41, 5.74) is 0.870. The van der Waals surface area contributed by atoms with Crippen LogP contribution in [0.4, 0.5) is 0 Å². The fraction of sp³-hybridized carbons (Fsp3) is 0.916. The van der Waals surface area contributed by atoms with Crippen LogP contribution in [0.5, 0.6) is 0 Å². The van der Waals surface area contributed by atoms with Crippen molar-refractivity contribution in [3.63, 3.8) is 0 Å². The van der Waals surface area contributed by atoms with Gasteiger partial charge in [-0.05, 0) is 75.5 Å². The van der Waals surface area contributed by atoms with Crippen LogP contribution in [0.25, 0.3) is 0 Å². The van der Waals surface area contributed by atoms with E-state index in [9.17, 15) is 24.6 Å². The second-order valence-corrected chi connectivity index (χ2v) is 28.2. The Bertz CT molecular complexity index is 2330. The molecule has 0 saturated heterocycles. The lowest BCUT2D eigenvalue weighted by Crippen LogP contribution is -2.47. The summed E-state index contributed by atoms with van der Waals surface area (Å²) in [6.07, 6.45) is 22.2. The first-order chi connectivity index (χ1) is 57.3. The monoisotopic (exact) mass is 1670 g/mol. The van der Waals surface area contributed by atoms with Crippen LogP contribution in [0.1, 0.15) is 146 Å². The fourth-order valence-corrected chi connectivity index (χ4v) is 12.8. The van der Waals surface area contributed by atoms with Gasteiger partial charge in [0.25, 0.3) is 0 Å². The summed E-state index contributed by atoms with van der Waals surface area (Å²) in [5.74, 6) is -0.461. The summed E-state index contributed by atoms with van der Waals surface area (Å²) in [4.78, 5) is 37.1. The first kappa shape index (κ1) is 107. The van der Waals surface area contributed by atoms with Crippen molar-refractivity contribution >= 4 is 17.8 Å². The molecule has 33 nitrogen and oxygen atoms in total. The molecule has 116 heavy (non-hydrogen) atoms. The highest BCUT2D eigenvalue weighted by atomic mass is 16.6. The van der Waals surface area contributed by atoms with Gasteiger partial charge in [0.2, 0.25) is 5.91 Å². The van der Waals surface area contributed by atoms with Gasteiger partial charge in [-0.1, -0.05) is 94.8 Å². The molecule has 1 heterocycles. The van der Waals surface area contributed by atoms with Crippen LogP contribution < -0.4 is 5.32 Å². The van der Waals surface area contributed by atoms with Gasteiger partial charge in [-0.2, -0.15) is 0 Å². The normalized spacial score (nSPS) is 15.2. The second kappa shape index (κ2) is 82.3. The highest BCUT2D eigenvalue weighted by Gasteiger charge is 2.49. The Morgan fingerprint density at radius 3 is 0.897 bits per heavy atom. The van der Waals surface area contributed by atoms with E-state index in [0.717, 1.165) is 108 Å². The first-order valence-corrected chi connectivity index (χ1v) is 43.5. The number of nitrogens with one attached hydrogen (secondary N) is 1. The molecule has 2 aliphatic rings. The molecule has 1 aromatic heterocycles. The zero-order chi connectivity index (χ0) is 82.7. The van der Waals surface area contributed by atoms with Crippen molar-refractivity contribution in [2.24, 2.45) is 23.2 Å². The predicted octanol–water partition coefficient (Wildman–Crippen LogP) is 7.26.